The highest BCUT2D eigenvalue weighted by molar-refractivity contribution is 6.41. The predicted molar refractivity (Wildman–Crippen MR) is 45.5 cm³/mol. The Kier molecular flexibility index (Phi) is 4.95. The fourth-order valence-electron chi connectivity index (χ4n) is 0.794. The highest BCUT2D eigenvalue weighted by Gasteiger charge is 2.09. The molecule has 0 atom stereocenters. The average molecular weight is 177 g/mol. The maximum Gasteiger partial charge on any atom is 0.349 e. The van der Waals surface area contributed by atoms with Crippen LogP contribution < -0.4 is 0 Å². The van der Waals surface area contributed by atoms with Crippen LogP contribution in [0, 0.1) is 0 Å². The normalized spacial score (nSPS) is 9.09. The molecule has 0 rings (SSSR count). The summed E-state index contributed by atoms with van der Waals surface area (Å²) in [6.45, 7) is 3.92. The second kappa shape index (κ2) is 5.19. The molecule has 0 heterocycles. The number of hydrogen-bond acceptors (Lipinski definition) is 2. The summed E-state index contributed by atoms with van der Waals surface area (Å²) in [7, 11) is 1.33. The van der Waals surface area contributed by atoms with E-state index in [2.05, 4.69) is 4.74 Å². The molecule has 0 aliphatic rings. The van der Waals surface area contributed by atoms with E-state index in [0.717, 1.165) is 18.4 Å². The molecule has 0 saturated carbocycles. The highest BCUT2D eigenvalue weighted by Crippen LogP contribution is 2.17. The summed E-state index contributed by atoms with van der Waals surface area (Å²) in [6, 6.07) is 0. The van der Waals surface area contributed by atoms with Crippen LogP contribution in [0.1, 0.15) is 26.7 Å². The van der Waals surface area contributed by atoms with E-state index in [1.54, 1.807) is 0 Å². The summed E-state index contributed by atoms with van der Waals surface area (Å²) in [5.41, 5.74) is 0.943. The highest BCUT2D eigenvalue weighted by atomic mass is 35.5. The molecule has 0 radical (unpaired) electrons. The van der Waals surface area contributed by atoms with Gasteiger partial charge in [-0.1, -0.05) is 25.4 Å². The van der Waals surface area contributed by atoms with E-state index in [1.807, 2.05) is 13.8 Å². The number of halogens is 1. The van der Waals surface area contributed by atoms with Crippen LogP contribution in [0.3, 0.4) is 0 Å². The van der Waals surface area contributed by atoms with E-state index in [1.165, 1.54) is 7.11 Å². The first-order chi connectivity index (χ1) is 5.17. The summed E-state index contributed by atoms with van der Waals surface area (Å²) in [5, 5.41) is 0.234. The van der Waals surface area contributed by atoms with E-state index in [9.17, 15) is 4.79 Å². The quantitative estimate of drug-likeness (QED) is 0.488. The molecular formula is C8H13ClO2. The number of esters is 1. The molecule has 2 nitrogen and oxygen atoms in total. The zero-order chi connectivity index (χ0) is 8.85. The smallest absolute Gasteiger partial charge is 0.349 e. The molecule has 0 aromatic rings. The summed E-state index contributed by atoms with van der Waals surface area (Å²) in [5.74, 6) is -0.439. The van der Waals surface area contributed by atoms with Crippen LogP contribution in [0.2, 0.25) is 0 Å². The van der Waals surface area contributed by atoms with Crippen LogP contribution in [0.5, 0.6) is 0 Å². The molecule has 0 fully saturated rings. The monoisotopic (exact) mass is 176 g/mol. The number of carbonyl (C=O) groups excluding carboxylic acids is 1. The lowest BCUT2D eigenvalue weighted by molar-refractivity contribution is -0.135. The molecular weight excluding hydrogens is 164 g/mol. The number of ether oxygens (including phenoxy) is 1. The maximum atomic E-state index is 10.9. The zero-order valence-electron chi connectivity index (χ0n) is 7.11. The van der Waals surface area contributed by atoms with Crippen molar-refractivity contribution in [2.45, 2.75) is 26.7 Å². The molecule has 0 aliphatic carbocycles. The zero-order valence-corrected chi connectivity index (χ0v) is 7.86. The Bertz CT molecular complexity index is 167. The van der Waals surface area contributed by atoms with Gasteiger partial charge in [-0.15, -0.1) is 0 Å². The molecule has 0 bridgehead atoms. The van der Waals surface area contributed by atoms with Gasteiger partial charge in [0.15, 0.2) is 0 Å². The molecule has 3 heteroatoms. The molecule has 0 unspecified atom stereocenters. The van der Waals surface area contributed by atoms with Crippen molar-refractivity contribution in [2.24, 2.45) is 0 Å². The number of rotatable bonds is 3. The Labute approximate surface area is 72.2 Å². The number of carbonyl (C=O) groups is 1. The van der Waals surface area contributed by atoms with Crippen LogP contribution in [-0.2, 0) is 9.53 Å². The van der Waals surface area contributed by atoms with Gasteiger partial charge in [-0.25, -0.2) is 4.79 Å². The summed E-state index contributed by atoms with van der Waals surface area (Å²) >= 11 is 5.70. The fraction of sp³-hybridized carbons (Fsp3) is 0.625. The van der Waals surface area contributed by atoms with Gasteiger partial charge in [-0.2, -0.15) is 0 Å². The minimum Gasteiger partial charge on any atom is -0.465 e. The number of methoxy groups -OCH3 is 1. The van der Waals surface area contributed by atoms with Gasteiger partial charge >= 0.3 is 5.97 Å². The molecule has 0 aromatic heterocycles. The van der Waals surface area contributed by atoms with E-state index in [0.29, 0.717) is 0 Å². The lowest BCUT2D eigenvalue weighted by Crippen LogP contribution is -2.02. The summed E-state index contributed by atoms with van der Waals surface area (Å²) < 4.78 is 4.47. The van der Waals surface area contributed by atoms with Crippen molar-refractivity contribution in [1.82, 2.24) is 0 Å². The first-order valence-electron chi connectivity index (χ1n) is 3.63. The maximum absolute atomic E-state index is 10.9. The Morgan fingerprint density at radius 1 is 1.36 bits per heavy atom. The van der Waals surface area contributed by atoms with Gasteiger partial charge in [-0.3, -0.25) is 0 Å². The average Bonchev–Trinajstić information content (AvgIpc) is 2.05. The van der Waals surface area contributed by atoms with Gasteiger partial charge in [0.25, 0.3) is 0 Å². The predicted octanol–water partition coefficient (Wildman–Crippen LogP) is 2.47. The molecule has 0 aliphatic heterocycles. The first kappa shape index (κ1) is 10.5. The van der Waals surface area contributed by atoms with Crippen molar-refractivity contribution >= 4 is 17.6 Å². The van der Waals surface area contributed by atoms with E-state index in [4.69, 9.17) is 11.6 Å². The minimum absolute atomic E-state index is 0.234. The summed E-state index contributed by atoms with van der Waals surface area (Å²) in [6.07, 6.45) is 1.59. The third-order valence-electron chi connectivity index (χ3n) is 1.53. The third-order valence-corrected chi connectivity index (χ3v) is 1.95. The lowest BCUT2D eigenvalue weighted by Gasteiger charge is -2.03. The molecule has 0 saturated heterocycles. The summed E-state index contributed by atoms with van der Waals surface area (Å²) in [4.78, 5) is 10.9. The number of hydrogen-bond donors (Lipinski definition) is 0. The van der Waals surface area contributed by atoms with Crippen LogP contribution >= 0.6 is 11.6 Å². The fourth-order valence-corrected chi connectivity index (χ4v) is 1.14. The van der Waals surface area contributed by atoms with Crippen molar-refractivity contribution in [3.63, 3.8) is 0 Å². The van der Waals surface area contributed by atoms with E-state index in [-0.39, 0.29) is 5.03 Å². The second-order valence-corrected chi connectivity index (χ2v) is 2.49. The Hall–Kier alpha value is -0.500. The van der Waals surface area contributed by atoms with Crippen molar-refractivity contribution in [3.05, 3.63) is 10.6 Å². The standard InChI is InChI=1S/C8H13ClO2/c1-4-6(5-2)7(9)8(10)11-3/h4-5H2,1-3H3. The largest absolute Gasteiger partial charge is 0.465 e. The minimum atomic E-state index is -0.439. The van der Waals surface area contributed by atoms with E-state index < -0.39 is 5.97 Å². The Morgan fingerprint density at radius 2 is 1.82 bits per heavy atom. The Morgan fingerprint density at radius 3 is 2.09 bits per heavy atom. The first-order valence-corrected chi connectivity index (χ1v) is 4.00. The van der Waals surface area contributed by atoms with Gasteiger partial charge in [0.1, 0.15) is 5.03 Å². The topological polar surface area (TPSA) is 26.3 Å². The van der Waals surface area contributed by atoms with Gasteiger partial charge in [0, 0.05) is 0 Å². The molecule has 0 amide bonds. The molecule has 0 spiro atoms. The van der Waals surface area contributed by atoms with Crippen molar-refractivity contribution in [2.75, 3.05) is 7.11 Å². The van der Waals surface area contributed by atoms with Gasteiger partial charge in [0.2, 0.25) is 0 Å². The van der Waals surface area contributed by atoms with Gasteiger partial charge < -0.3 is 4.74 Å². The van der Waals surface area contributed by atoms with Crippen LogP contribution in [0.4, 0.5) is 0 Å². The van der Waals surface area contributed by atoms with Crippen molar-refractivity contribution in [1.29, 1.82) is 0 Å². The second-order valence-electron chi connectivity index (χ2n) is 2.12. The van der Waals surface area contributed by atoms with Crippen LogP contribution in [-0.4, -0.2) is 13.1 Å². The van der Waals surface area contributed by atoms with Gasteiger partial charge in [-0.05, 0) is 18.4 Å². The SMILES string of the molecule is CCC(CC)=C(Cl)C(=O)OC. The van der Waals surface area contributed by atoms with Crippen LogP contribution in [0.15, 0.2) is 10.6 Å². The molecule has 64 valence electrons. The number of allylic oxidation sites excluding steroid dienone is 1. The van der Waals surface area contributed by atoms with Crippen molar-refractivity contribution < 1.29 is 9.53 Å². The van der Waals surface area contributed by atoms with Gasteiger partial charge in [0.05, 0.1) is 7.11 Å². The van der Waals surface area contributed by atoms with E-state index >= 15 is 0 Å². The molecule has 0 aromatic carbocycles. The third kappa shape index (κ3) is 2.93. The molecule has 0 N–H and O–H groups in total. The van der Waals surface area contributed by atoms with Crippen molar-refractivity contribution in [3.8, 4) is 0 Å². The molecule has 11 heavy (non-hydrogen) atoms. The lowest BCUT2D eigenvalue weighted by atomic mass is 10.1. The van der Waals surface area contributed by atoms with Crippen LogP contribution in [0.25, 0.3) is 0 Å². The Balaban J connectivity index is 4.46.